The average molecular weight is 360 g/mol. The summed E-state index contributed by atoms with van der Waals surface area (Å²) in [5.41, 5.74) is 1.05. The van der Waals surface area contributed by atoms with Crippen LogP contribution in [0.5, 0.6) is 5.75 Å². The molecule has 0 radical (unpaired) electrons. The molecule has 0 saturated carbocycles. The topological polar surface area (TPSA) is 77.4 Å². The molecule has 1 aromatic rings. The molecule has 1 amide bonds. The summed E-state index contributed by atoms with van der Waals surface area (Å²) in [5, 5.41) is 12.7. The van der Waals surface area contributed by atoms with Gasteiger partial charge in [-0.2, -0.15) is 0 Å². The van der Waals surface area contributed by atoms with E-state index >= 15 is 0 Å². The summed E-state index contributed by atoms with van der Waals surface area (Å²) in [6, 6.07) is 7.10. The van der Waals surface area contributed by atoms with Crippen molar-refractivity contribution in [2.75, 3.05) is 39.3 Å². The van der Waals surface area contributed by atoms with Gasteiger partial charge in [0.05, 0.1) is 6.54 Å². The molecule has 26 heavy (non-hydrogen) atoms. The number of rotatable bonds is 4. The number of phenols is 1. The molecule has 2 fully saturated rings. The van der Waals surface area contributed by atoms with Crippen molar-refractivity contribution < 1.29 is 14.6 Å². The van der Waals surface area contributed by atoms with Gasteiger partial charge in [-0.1, -0.05) is 12.1 Å². The number of nitrogens with one attached hydrogen (secondary N) is 1. The highest BCUT2D eigenvalue weighted by Crippen LogP contribution is 2.16. The van der Waals surface area contributed by atoms with Crippen LogP contribution in [0.4, 0.5) is 0 Å². The van der Waals surface area contributed by atoms with E-state index in [0.717, 1.165) is 44.0 Å². The largest absolute Gasteiger partial charge is 0.508 e. The Labute approximate surface area is 154 Å². The minimum atomic E-state index is -0.238. The number of ether oxygens (including phenoxy) is 1. The van der Waals surface area contributed by atoms with Gasteiger partial charge in [0.2, 0.25) is 0 Å². The maximum Gasteiger partial charge on any atom is 0.251 e. The zero-order valence-electron chi connectivity index (χ0n) is 15.4. The molecule has 0 spiro atoms. The van der Waals surface area contributed by atoms with Crippen LogP contribution in [0.1, 0.15) is 25.3 Å². The van der Waals surface area contributed by atoms with Crippen LogP contribution in [0.15, 0.2) is 29.3 Å². The van der Waals surface area contributed by atoms with Gasteiger partial charge in [-0.25, -0.2) is 4.99 Å². The van der Waals surface area contributed by atoms with Crippen LogP contribution in [0.25, 0.3) is 0 Å². The second kappa shape index (κ2) is 8.89. The highest BCUT2D eigenvalue weighted by Gasteiger charge is 2.30. The molecule has 2 N–H and O–H groups in total. The van der Waals surface area contributed by atoms with Gasteiger partial charge >= 0.3 is 0 Å². The van der Waals surface area contributed by atoms with Crippen LogP contribution in [0, 0.1) is 0 Å². The molecule has 1 unspecified atom stereocenters. The SMILES string of the molecule is CCNC(=NCc1ccc(O)cc1)N1CCN(C(=O)C2CCCO2)CC1. The molecule has 1 aromatic carbocycles. The fourth-order valence-corrected chi connectivity index (χ4v) is 3.31. The van der Waals surface area contributed by atoms with Gasteiger partial charge < -0.3 is 25.0 Å². The number of benzene rings is 1. The van der Waals surface area contributed by atoms with E-state index in [0.29, 0.717) is 26.2 Å². The van der Waals surface area contributed by atoms with Crippen LogP contribution in [-0.2, 0) is 16.1 Å². The van der Waals surface area contributed by atoms with Crippen molar-refractivity contribution in [3.8, 4) is 5.75 Å². The summed E-state index contributed by atoms with van der Waals surface area (Å²) in [7, 11) is 0. The van der Waals surface area contributed by atoms with Crippen molar-refractivity contribution >= 4 is 11.9 Å². The van der Waals surface area contributed by atoms with E-state index in [4.69, 9.17) is 9.73 Å². The number of hydrogen-bond acceptors (Lipinski definition) is 4. The van der Waals surface area contributed by atoms with Crippen molar-refractivity contribution in [1.29, 1.82) is 0 Å². The first-order valence-electron chi connectivity index (χ1n) is 9.39. The Balaban J connectivity index is 1.56. The number of carbonyl (C=O) groups is 1. The molecule has 2 saturated heterocycles. The van der Waals surface area contributed by atoms with Crippen LogP contribution < -0.4 is 5.32 Å². The maximum atomic E-state index is 12.5. The van der Waals surface area contributed by atoms with E-state index in [2.05, 4.69) is 10.2 Å². The number of amides is 1. The molecule has 2 aliphatic rings. The monoisotopic (exact) mass is 360 g/mol. The first-order valence-corrected chi connectivity index (χ1v) is 9.39. The van der Waals surface area contributed by atoms with Crippen LogP contribution in [0.2, 0.25) is 0 Å². The second-order valence-electron chi connectivity index (χ2n) is 6.65. The lowest BCUT2D eigenvalue weighted by atomic mass is 10.2. The second-order valence-corrected chi connectivity index (χ2v) is 6.65. The van der Waals surface area contributed by atoms with Crippen LogP contribution in [-0.4, -0.2) is 72.2 Å². The summed E-state index contributed by atoms with van der Waals surface area (Å²) >= 11 is 0. The molecule has 7 nitrogen and oxygen atoms in total. The third-order valence-electron chi connectivity index (χ3n) is 4.78. The van der Waals surface area contributed by atoms with Crippen LogP contribution in [0.3, 0.4) is 0 Å². The van der Waals surface area contributed by atoms with Gasteiger partial charge in [-0.3, -0.25) is 4.79 Å². The molecule has 2 aliphatic heterocycles. The third kappa shape index (κ3) is 4.66. The number of aromatic hydroxyl groups is 1. The lowest BCUT2D eigenvalue weighted by Gasteiger charge is -2.37. The van der Waals surface area contributed by atoms with E-state index in [9.17, 15) is 9.90 Å². The van der Waals surface area contributed by atoms with E-state index in [1.807, 2.05) is 24.0 Å². The summed E-state index contributed by atoms with van der Waals surface area (Å²) < 4.78 is 5.52. The fourth-order valence-electron chi connectivity index (χ4n) is 3.31. The lowest BCUT2D eigenvalue weighted by molar-refractivity contribution is -0.142. The Morgan fingerprint density at radius 3 is 2.54 bits per heavy atom. The van der Waals surface area contributed by atoms with E-state index in [1.165, 1.54) is 0 Å². The van der Waals surface area contributed by atoms with Crippen molar-refractivity contribution in [2.24, 2.45) is 4.99 Å². The minimum absolute atomic E-state index is 0.133. The van der Waals surface area contributed by atoms with E-state index in [1.54, 1.807) is 12.1 Å². The van der Waals surface area contributed by atoms with Crippen molar-refractivity contribution in [3.63, 3.8) is 0 Å². The standard InChI is InChI=1S/C19H28N4O3/c1-2-20-19(21-14-15-5-7-16(24)8-6-15)23-11-9-22(10-12-23)18(25)17-4-3-13-26-17/h5-8,17,24H,2-4,9-14H2,1H3,(H,20,21). The molecule has 2 heterocycles. The Kier molecular flexibility index (Phi) is 6.33. The van der Waals surface area contributed by atoms with Crippen molar-refractivity contribution in [1.82, 2.24) is 15.1 Å². The average Bonchev–Trinajstić information content (AvgIpc) is 3.21. The number of aliphatic imine (C=N–C) groups is 1. The fraction of sp³-hybridized carbons (Fsp3) is 0.579. The zero-order valence-corrected chi connectivity index (χ0v) is 15.4. The molecule has 0 aromatic heterocycles. The summed E-state index contributed by atoms with van der Waals surface area (Å²) in [6.07, 6.45) is 1.58. The minimum Gasteiger partial charge on any atom is -0.508 e. The Hall–Kier alpha value is -2.28. The quantitative estimate of drug-likeness (QED) is 0.623. The normalized spacial score (nSPS) is 21.1. The molecule has 1 atom stereocenters. The van der Waals surface area contributed by atoms with Crippen molar-refractivity contribution in [2.45, 2.75) is 32.4 Å². The predicted molar refractivity (Wildman–Crippen MR) is 100 cm³/mol. The van der Waals surface area contributed by atoms with Gasteiger partial charge in [0.25, 0.3) is 5.91 Å². The van der Waals surface area contributed by atoms with Gasteiger partial charge in [0.1, 0.15) is 11.9 Å². The zero-order chi connectivity index (χ0) is 18.4. The summed E-state index contributed by atoms with van der Waals surface area (Å²) in [6.45, 7) is 7.02. The molecule has 3 rings (SSSR count). The molecule has 7 heteroatoms. The van der Waals surface area contributed by atoms with E-state index in [-0.39, 0.29) is 17.8 Å². The number of phenolic OH excluding ortho intramolecular Hbond substituents is 1. The molecule has 0 aliphatic carbocycles. The molecular formula is C19H28N4O3. The lowest BCUT2D eigenvalue weighted by Crippen LogP contribution is -2.55. The Bertz CT molecular complexity index is 618. The third-order valence-corrected chi connectivity index (χ3v) is 4.78. The summed E-state index contributed by atoms with van der Waals surface area (Å²) in [5.74, 6) is 1.26. The number of piperazine rings is 1. The number of hydrogen-bond donors (Lipinski definition) is 2. The van der Waals surface area contributed by atoms with Crippen molar-refractivity contribution in [3.05, 3.63) is 29.8 Å². The van der Waals surface area contributed by atoms with E-state index < -0.39 is 0 Å². The molecular weight excluding hydrogens is 332 g/mol. The number of nitrogens with zero attached hydrogens (tertiary/aromatic N) is 3. The van der Waals surface area contributed by atoms with Gasteiger partial charge in [-0.15, -0.1) is 0 Å². The molecule has 142 valence electrons. The van der Waals surface area contributed by atoms with Crippen LogP contribution >= 0.6 is 0 Å². The predicted octanol–water partition coefficient (Wildman–Crippen LogP) is 1.18. The Morgan fingerprint density at radius 1 is 1.23 bits per heavy atom. The first-order chi connectivity index (χ1) is 12.7. The smallest absolute Gasteiger partial charge is 0.251 e. The van der Waals surface area contributed by atoms with Gasteiger partial charge in [-0.05, 0) is 37.5 Å². The first kappa shape index (κ1) is 18.5. The Morgan fingerprint density at radius 2 is 1.92 bits per heavy atom. The number of carbonyl (C=O) groups excluding carboxylic acids is 1. The maximum absolute atomic E-state index is 12.5. The van der Waals surface area contributed by atoms with Gasteiger partial charge in [0.15, 0.2) is 5.96 Å². The summed E-state index contributed by atoms with van der Waals surface area (Å²) in [4.78, 5) is 21.3. The van der Waals surface area contributed by atoms with Gasteiger partial charge in [0, 0.05) is 39.3 Å². The molecule has 0 bridgehead atoms. The number of guanidine groups is 1. The highest BCUT2D eigenvalue weighted by molar-refractivity contribution is 5.82. The highest BCUT2D eigenvalue weighted by atomic mass is 16.5.